The van der Waals surface area contributed by atoms with Gasteiger partial charge in [-0.3, -0.25) is 9.59 Å². The first kappa shape index (κ1) is 25.2. The number of hydrogen-bond donors (Lipinski definition) is 2. The summed E-state index contributed by atoms with van der Waals surface area (Å²) >= 11 is 0. The highest BCUT2D eigenvalue weighted by molar-refractivity contribution is 5.97. The van der Waals surface area contributed by atoms with Gasteiger partial charge < -0.3 is 20.1 Å². The zero-order valence-corrected chi connectivity index (χ0v) is 19.5. The molecule has 1 saturated heterocycles. The third kappa shape index (κ3) is 6.23. The standard InChI is InChI=1S/C27H25F3N2O4/c1-17(36-21-12-9-19(10-13-21)18-6-3-2-4-7-18)25(33)32-23-14-11-20(16-22(23)27(28,29)30)31-26(34)24-8-5-15-35-24/h2-4,6-7,9-14,16-17,24H,5,8,15H2,1H3,(H,31,34)(H,32,33). The Balaban J connectivity index is 1.42. The van der Waals surface area contributed by atoms with Gasteiger partial charge in [-0.25, -0.2) is 0 Å². The normalized spacial score (nSPS) is 16.3. The molecule has 3 aromatic carbocycles. The lowest BCUT2D eigenvalue weighted by atomic mass is 10.1. The van der Waals surface area contributed by atoms with Gasteiger partial charge in [0.2, 0.25) is 0 Å². The topological polar surface area (TPSA) is 76.7 Å². The van der Waals surface area contributed by atoms with Crippen LogP contribution in [0.15, 0.2) is 72.8 Å². The van der Waals surface area contributed by atoms with Crippen LogP contribution in [-0.4, -0.2) is 30.6 Å². The molecule has 1 heterocycles. The molecule has 2 unspecified atom stereocenters. The van der Waals surface area contributed by atoms with Crippen molar-refractivity contribution in [2.75, 3.05) is 17.2 Å². The van der Waals surface area contributed by atoms with E-state index >= 15 is 0 Å². The molecule has 1 fully saturated rings. The fraction of sp³-hybridized carbons (Fsp3) is 0.259. The van der Waals surface area contributed by atoms with Gasteiger partial charge in [0.25, 0.3) is 11.8 Å². The van der Waals surface area contributed by atoms with Gasteiger partial charge in [0.1, 0.15) is 11.9 Å². The van der Waals surface area contributed by atoms with E-state index in [0.717, 1.165) is 23.3 Å². The van der Waals surface area contributed by atoms with E-state index in [1.165, 1.54) is 13.0 Å². The number of carbonyl (C=O) groups excluding carboxylic acids is 2. The molecule has 0 aliphatic carbocycles. The average molecular weight is 499 g/mol. The number of nitrogens with one attached hydrogen (secondary N) is 2. The first-order chi connectivity index (χ1) is 17.2. The second-order valence-electron chi connectivity index (χ2n) is 8.39. The van der Waals surface area contributed by atoms with Crippen molar-refractivity contribution < 1.29 is 32.2 Å². The van der Waals surface area contributed by atoms with Crippen LogP contribution in [0.25, 0.3) is 11.1 Å². The summed E-state index contributed by atoms with van der Waals surface area (Å²) in [5.41, 5.74) is 0.424. The van der Waals surface area contributed by atoms with Gasteiger partial charge in [0, 0.05) is 12.3 Å². The lowest BCUT2D eigenvalue weighted by Gasteiger charge is -2.19. The summed E-state index contributed by atoms with van der Waals surface area (Å²) in [5.74, 6) is -0.845. The van der Waals surface area contributed by atoms with Gasteiger partial charge in [-0.15, -0.1) is 0 Å². The number of anilines is 2. The number of ether oxygens (including phenoxy) is 2. The molecule has 2 N–H and O–H groups in total. The van der Waals surface area contributed by atoms with Crippen molar-refractivity contribution in [1.82, 2.24) is 0 Å². The largest absolute Gasteiger partial charge is 0.481 e. The maximum Gasteiger partial charge on any atom is 0.418 e. The number of halogens is 3. The lowest BCUT2D eigenvalue weighted by Crippen LogP contribution is -2.31. The van der Waals surface area contributed by atoms with Crippen molar-refractivity contribution in [2.24, 2.45) is 0 Å². The fourth-order valence-corrected chi connectivity index (χ4v) is 3.82. The maximum atomic E-state index is 13.7. The van der Waals surface area contributed by atoms with Crippen LogP contribution in [0.5, 0.6) is 5.75 Å². The lowest BCUT2D eigenvalue weighted by molar-refractivity contribution is -0.137. The summed E-state index contributed by atoms with van der Waals surface area (Å²) in [6.07, 6.45) is -5.27. The number of hydrogen-bond acceptors (Lipinski definition) is 4. The van der Waals surface area contributed by atoms with E-state index in [0.29, 0.717) is 25.2 Å². The molecule has 0 aromatic heterocycles. The number of amides is 2. The Kier molecular flexibility index (Phi) is 7.59. The van der Waals surface area contributed by atoms with Crippen LogP contribution in [0.4, 0.5) is 24.5 Å². The van der Waals surface area contributed by atoms with Crippen molar-refractivity contribution in [3.05, 3.63) is 78.4 Å². The SMILES string of the molecule is CC(Oc1ccc(-c2ccccc2)cc1)C(=O)Nc1ccc(NC(=O)C2CCCO2)cc1C(F)(F)F. The second-order valence-corrected chi connectivity index (χ2v) is 8.39. The Labute approximate surface area is 206 Å². The van der Waals surface area contributed by atoms with Crippen molar-refractivity contribution >= 4 is 23.2 Å². The van der Waals surface area contributed by atoms with E-state index in [9.17, 15) is 22.8 Å². The van der Waals surface area contributed by atoms with Gasteiger partial charge in [-0.2, -0.15) is 13.2 Å². The van der Waals surface area contributed by atoms with Crippen molar-refractivity contribution in [1.29, 1.82) is 0 Å². The number of alkyl halides is 3. The van der Waals surface area contributed by atoms with Crippen LogP contribution in [0, 0.1) is 0 Å². The van der Waals surface area contributed by atoms with E-state index in [-0.39, 0.29) is 5.69 Å². The summed E-state index contributed by atoms with van der Waals surface area (Å²) < 4.78 is 52.1. The van der Waals surface area contributed by atoms with Crippen LogP contribution in [-0.2, 0) is 20.5 Å². The molecule has 0 bridgehead atoms. The zero-order valence-electron chi connectivity index (χ0n) is 19.5. The first-order valence-corrected chi connectivity index (χ1v) is 11.5. The van der Waals surface area contributed by atoms with Crippen molar-refractivity contribution in [3.8, 4) is 16.9 Å². The molecule has 3 aromatic rings. The van der Waals surface area contributed by atoms with Crippen molar-refractivity contribution in [2.45, 2.75) is 38.1 Å². The first-order valence-electron chi connectivity index (χ1n) is 11.5. The molecule has 6 nitrogen and oxygen atoms in total. The molecule has 0 saturated carbocycles. The van der Waals surface area contributed by atoms with E-state index in [1.54, 1.807) is 12.1 Å². The minimum atomic E-state index is -4.76. The van der Waals surface area contributed by atoms with Gasteiger partial charge in [0.05, 0.1) is 11.3 Å². The molecule has 1 aliphatic rings. The third-order valence-corrected chi connectivity index (χ3v) is 5.72. The molecular weight excluding hydrogens is 473 g/mol. The maximum absolute atomic E-state index is 13.7. The summed E-state index contributed by atoms with van der Waals surface area (Å²) in [6, 6.07) is 19.9. The molecule has 0 radical (unpaired) electrons. The number of benzene rings is 3. The Bertz CT molecular complexity index is 1210. The van der Waals surface area contributed by atoms with E-state index in [1.807, 2.05) is 42.5 Å². The van der Waals surface area contributed by atoms with E-state index in [4.69, 9.17) is 9.47 Å². The Morgan fingerprint density at radius 2 is 1.67 bits per heavy atom. The molecule has 36 heavy (non-hydrogen) atoms. The van der Waals surface area contributed by atoms with Gasteiger partial charge in [-0.05, 0) is 61.2 Å². The van der Waals surface area contributed by atoms with Crippen LogP contribution in [0.2, 0.25) is 0 Å². The van der Waals surface area contributed by atoms with Crippen LogP contribution < -0.4 is 15.4 Å². The molecule has 4 rings (SSSR count). The smallest absolute Gasteiger partial charge is 0.418 e. The molecular formula is C27H25F3N2O4. The summed E-state index contributed by atoms with van der Waals surface area (Å²) in [5, 5.41) is 4.74. The predicted octanol–water partition coefficient (Wildman–Crippen LogP) is 5.90. The fourth-order valence-electron chi connectivity index (χ4n) is 3.82. The highest BCUT2D eigenvalue weighted by atomic mass is 19.4. The Hall–Kier alpha value is -3.85. The average Bonchev–Trinajstić information content (AvgIpc) is 3.41. The summed E-state index contributed by atoms with van der Waals surface area (Å²) in [4.78, 5) is 24.8. The Morgan fingerprint density at radius 3 is 2.31 bits per heavy atom. The van der Waals surface area contributed by atoms with Gasteiger partial charge in [0.15, 0.2) is 6.10 Å². The van der Waals surface area contributed by atoms with Crippen LogP contribution in [0.3, 0.4) is 0 Å². The van der Waals surface area contributed by atoms with E-state index in [2.05, 4.69) is 10.6 Å². The summed E-state index contributed by atoms with van der Waals surface area (Å²) in [6.45, 7) is 1.89. The minimum absolute atomic E-state index is 0.0383. The molecule has 188 valence electrons. The molecule has 2 amide bonds. The monoisotopic (exact) mass is 498 g/mol. The second kappa shape index (κ2) is 10.8. The van der Waals surface area contributed by atoms with E-state index < -0.39 is 41.4 Å². The minimum Gasteiger partial charge on any atom is -0.481 e. The van der Waals surface area contributed by atoms with Gasteiger partial charge >= 0.3 is 6.18 Å². The Morgan fingerprint density at radius 1 is 0.972 bits per heavy atom. The zero-order chi connectivity index (χ0) is 25.7. The quantitative estimate of drug-likeness (QED) is 0.426. The molecule has 2 atom stereocenters. The highest BCUT2D eigenvalue weighted by Gasteiger charge is 2.35. The third-order valence-electron chi connectivity index (χ3n) is 5.72. The van der Waals surface area contributed by atoms with Crippen LogP contribution >= 0.6 is 0 Å². The predicted molar refractivity (Wildman–Crippen MR) is 130 cm³/mol. The molecule has 0 spiro atoms. The summed E-state index contributed by atoms with van der Waals surface area (Å²) in [7, 11) is 0. The number of carbonyl (C=O) groups is 2. The van der Waals surface area contributed by atoms with Gasteiger partial charge in [-0.1, -0.05) is 42.5 Å². The molecule has 1 aliphatic heterocycles. The van der Waals surface area contributed by atoms with Crippen molar-refractivity contribution in [3.63, 3.8) is 0 Å². The molecule has 9 heteroatoms. The van der Waals surface area contributed by atoms with Crippen LogP contribution in [0.1, 0.15) is 25.3 Å². The number of rotatable bonds is 7. The highest BCUT2D eigenvalue weighted by Crippen LogP contribution is 2.37.